The normalized spacial score (nSPS) is 11.7. The van der Waals surface area contributed by atoms with Crippen molar-refractivity contribution < 1.29 is 19.4 Å². The van der Waals surface area contributed by atoms with Gasteiger partial charge < -0.3 is 9.84 Å². The van der Waals surface area contributed by atoms with Crippen LogP contribution in [0.25, 0.3) is 0 Å². The summed E-state index contributed by atoms with van der Waals surface area (Å²) in [4.78, 5) is 25.6. The Bertz CT molecular complexity index is 656. The summed E-state index contributed by atoms with van der Waals surface area (Å²) in [6.07, 6.45) is 0.557. The summed E-state index contributed by atoms with van der Waals surface area (Å²) in [6.45, 7) is 0.0663. The first-order chi connectivity index (χ1) is 10.5. The average molecular weight is 304 g/mol. The molecule has 0 aliphatic carbocycles. The second-order valence-corrected chi connectivity index (χ2v) is 4.65. The zero-order valence-electron chi connectivity index (χ0n) is 12.2. The number of ether oxygens (including phenoxy) is 1. The lowest BCUT2D eigenvalue weighted by molar-refractivity contribution is -0.142. The molecule has 0 fully saturated rings. The van der Waals surface area contributed by atoms with Gasteiger partial charge in [0.05, 0.1) is 6.20 Å². The van der Waals surface area contributed by atoms with Gasteiger partial charge in [-0.25, -0.2) is 9.59 Å². The maximum absolute atomic E-state index is 12.0. The number of hydrogen-bond acceptors (Lipinski definition) is 5. The molecule has 1 unspecified atom stereocenters. The Labute approximate surface area is 126 Å². The van der Waals surface area contributed by atoms with E-state index in [1.54, 1.807) is 7.05 Å². The molecule has 2 aromatic rings. The number of benzene rings is 1. The van der Waals surface area contributed by atoms with E-state index in [0.29, 0.717) is 0 Å². The molecular formula is C14H16N4O4. The van der Waals surface area contributed by atoms with Gasteiger partial charge in [0.25, 0.3) is 0 Å². The number of aliphatic carboxylic acids is 1. The van der Waals surface area contributed by atoms with Crippen LogP contribution in [0.2, 0.25) is 0 Å². The summed E-state index contributed by atoms with van der Waals surface area (Å²) in [5, 5.41) is 17.1. The molecule has 0 saturated heterocycles. The van der Waals surface area contributed by atoms with E-state index in [1.165, 1.54) is 18.0 Å². The van der Waals surface area contributed by atoms with Crippen molar-refractivity contribution in [2.24, 2.45) is 7.05 Å². The summed E-state index contributed by atoms with van der Waals surface area (Å²) in [7, 11) is 2.91. The number of carboxylic acid groups (broad SMARTS) is 1. The number of amides is 1. The molecule has 1 aromatic carbocycles. The lowest BCUT2D eigenvalue weighted by Gasteiger charge is -2.22. The van der Waals surface area contributed by atoms with Gasteiger partial charge in [0.15, 0.2) is 6.04 Å². The Morgan fingerprint density at radius 2 is 2.05 bits per heavy atom. The topological polar surface area (TPSA) is 97.5 Å². The van der Waals surface area contributed by atoms with Gasteiger partial charge in [-0.2, -0.15) is 15.0 Å². The number of carbonyl (C=O) groups excluding carboxylic acids is 1. The lowest BCUT2D eigenvalue weighted by atomic mass is 10.2. The van der Waals surface area contributed by atoms with Crippen LogP contribution in [0.15, 0.2) is 36.5 Å². The van der Waals surface area contributed by atoms with Crippen LogP contribution in [0.5, 0.6) is 0 Å². The highest BCUT2D eigenvalue weighted by Gasteiger charge is 2.31. The van der Waals surface area contributed by atoms with Gasteiger partial charge >= 0.3 is 12.1 Å². The van der Waals surface area contributed by atoms with Gasteiger partial charge in [0.2, 0.25) is 0 Å². The zero-order chi connectivity index (χ0) is 16.1. The molecule has 8 nitrogen and oxygen atoms in total. The summed E-state index contributed by atoms with van der Waals surface area (Å²) in [6, 6.07) is 7.87. The molecule has 0 saturated carbocycles. The minimum Gasteiger partial charge on any atom is -0.479 e. The predicted octanol–water partition coefficient (Wildman–Crippen LogP) is 1.21. The molecule has 1 amide bonds. The van der Waals surface area contributed by atoms with Crippen LogP contribution in [0.1, 0.15) is 17.3 Å². The monoisotopic (exact) mass is 304 g/mol. The molecular weight excluding hydrogens is 288 g/mol. The number of aryl methyl sites for hydroxylation is 1. The van der Waals surface area contributed by atoms with Crippen LogP contribution in [0.3, 0.4) is 0 Å². The summed E-state index contributed by atoms with van der Waals surface area (Å²) in [5.74, 6) is -1.21. The molecule has 0 radical (unpaired) electrons. The van der Waals surface area contributed by atoms with Crippen molar-refractivity contribution in [2.45, 2.75) is 12.6 Å². The molecule has 22 heavy (non-hydrogen) atoms. The summed E-state index contributed by atoms with van der Waals surface area (Å²) in [5.41, 5.74) is 0.977. The molecule has 0 spiro atoms. The molecule has 1 N–H and O–H groups in total. The first kappa shape index (κ1) is 15.5. The van der Waals surface area contributed by atoms with Crippen molar-refractivity contribution in [1.29, 1.82) is 0 Å². The minimum absolute atomic E-state index is 0.0663. The van der Waals surface area contributed by atoms with E-state index in [1.807, 2.05) is 30.3 Å². The van der Waals surface area contributed by atoms with Crippen LogP contribution in [0, 0.1) is 0 Å². The van der Waals surface area contributed by atoms with Crippen molar-refractivity contribution in [3.8, 4) is 0 Å². The Morgan fingerprint density at radius 1 is 1.36 bits per heavy atom. The molecule has 8 heteroatoms. The maximum atomic E-state index is 12.0. The quantitative estimate of drug-likeness (QED) is 0.891. The van der Waals surface area contributed by atoms with Crippen molar-refractivity contribution in [1.82, 2.24) is 19.9 Å². The van der Waals surface area contributed by atoms with Gasteiger partial charge in [-0.3, -0.25) is 4.90 Å². The largest absolute Gasteiger partial charge is 0.479 e. The summed E-state index contributed by atoms with van der Waals surface area (Å²) < 4.78 is 5.12. The fourth-order valence-corrected chi connectivity index (χ4v) is 1.90. The van der Waals surface area contributed by atoms with Crippen LogP contribution >= 0.6 is 0 Å². The molecule has 116 valence electrons. The average Bonchev–Trinajstić information content (AvgIpc) is 2.91. The van der Waals surface area contributed by atoms with Crippen molar-refractivity contribution >= 4 is 12.1 Å². The third kappa shape index (κ3) is 3.60. The third-order valence-electron chi connectivity index (χ3n) is 3.01. The number of hydrogen-bond donors (Lipinski definition) is 1. The number of likely N-dealkylation sites (N-methyl/N-ethyl adjacent to an activating group) is 1. The highest BCUT2D eigenvalue weighted by Crippen LogP contribution is 2.18. The molecule has 0 bridgehead atoms. The van der Waals surface area contributed by atoms with E-state index in [-0.39, 0.29) is 12.3 Å². The molecule has 1 atom stereocenters. The lowest BCUT2D eigenvalue weighted by Crippen LogP contribution is -2.36. The van der Waals surface area contributed by atoms with Crippen molar-refractivity contribution in [3.05, 3.63) is 47.8 Å². The highest BCUT2D eigenvalue weighted by atomic mass is 16.6. The molecule has 1 aromatic heterocycles. The maximum Gasteiger partial charge on any atom is 0.410 e. The van der Waals surface area contributed by atoms with Crippen molar-refractivity contribution in [2.75, 3.05) is 7.05 Å². The van der Waals surface area contributed by atoms with Gasteiger partial charge in [-0.15, -0.1) is 0 Å². The first-order valence-electron chi connectivity index (χ1n) is 6.51. The van der Waals surface area contributed by atoms with Crippen molar-refractivity contribution in [3.63, 3.8) is 0 Å². The molecule has 0 aliphatic rings. The number of aromatic nitrogens is 3. The zero-order valence-corrected chi connectivity index (χ0v) is 12.2. The van der Waals surface area contributed by atoms with Crippen LogP contribution in [0.4, 0.5) is 4.79 Å². The fourth-order valence-electron chi connectivity index (χ4n) is 1.90. The minimum atomic E-state index is -1.25. The number of carbonyl (C=O) groups is 2. The number of rotatable bonds is 5. The van der Waals surface area contributed by atoms with Crippen LogP contribution in [-0.4, -0.2) is 44.1 Å². The van der Waals surface area contributed by atoms with Crippen LogP contribution < -0.4 is 0 Å². The highest BCUT2D eigenvalue weighted by molar-refractivity contribution is 5.80. The van der Waals surface area contributed by atoms with E-state index >= 15 is 0 Å². The standard InChI is InChI=1S/C14H16N4O4/c1-17(12(13(19)20)11-8-15-18(2)16-11)14(21)22-9-10-6-4-3-5-7-10/h3-8,12H,9H2,1-2H3,(H,19,20). The fraction of sp³-hybridized carbons (Fsp3) is 0.286. The van der Waals surface area contributed by atoms with E-state index in [4.69, 9.17) is 4.74 Å². The third-order valence-corrected chi connectivity index (χ3v) is 3.01. The Kier molecular flexibility index (Phi) is 4.72. The van der Waals surface area contributed by atoms with E-state index in [9.17, 15) is 14.7 Å². The number of nitrogens with zero attached hydrogens (tertiary/aromatic N) is 4. The molecule has 2 rings (SSSR count). The summed E-state index contributed by atoms with van der Waals surface area (Å²) >= 11 is 0. The Morgan fingerprint density at radius 3 is 2.59 bits per heavy atom. The smallest absolute Gasteiger partial charge is 0.410 e. The SMILES string of the molecule is CN(C(=O)OCc1ccccc1)C(C(=O)O)c1cnn(C)n1. The second-order valence-electron chi connectivity index (χ2n) is 4.65. The van der Waals surface area contributed by atoms with E-state index in [0.717, 1.165) is 10.5 Å². The molecule has 0 aliphatic heterocycles. The number of carboxylic acids is 1. The van der Waals surface area contributed by atoms with Gasteiger partial charge in [-0.1, -0.05) is 30.3 Å². The van der Waals surface area contributed by atoms with E-state index in [2.05, 4.69) is 10.2 Å². The van der Waals surface area contributed by atoms with Gasteiger partial charge in [-0.05, 0) is 5.56 Å². The first-order valence-corrected chi connectivity index (χ1v) is 6.51. The molecule has 1 heterocycles. The van der Waals surface area contributed by atoms with Crippen LogP contribution in [-0.2, 0) is 23.2 Å². The predicted molar refractivity (Wildman–Crippen MR) is 75.8 cm³/mol. The van der Waals surface area contributed by atoms with Gasteiger partial charge in [0, 0.05) is 14.1 Å². The van der Waals surface area contributed by atoms with E-state index < -0.39 is 18.1 Å². The Balaban J connectivity index is 2.05. The van der Waals surface area contributed by atoms with Gasteiger partial charge in [0.1, 0.15) is 12.3 Å². The second kappa shape index (κ2) is 6.70. The Hall–Kier alpha value is -2.90.